The van der Waals surface area contributed by atoms with Gasteiger partial charge >= 0.3 is 0 Å². The number of piperazine rings is 1. The lowest BCUT2D eigenvalue weighted by molar-refractivity contribution is 0.147. The lowest BCUT2D eigenvalue weighted by Crippen LogP contribution is -2.51. The molecule has 1 aliphatic heterocycles. The molecule has 0 amide bonds. The van der Waals surface area contributed by atoms with Gasteiger partial charge < -0.3 is 4.90 Å². The maximum atomic E-state index is 14.3. The number of anilines is 1. The molecule has 3 rings (SSSR count). The zero-order valence-corrected chi connectivity index (χ0v) is 12.9. The average Bonchev–Trinajstić information content (AvgIpc) is 2.56. The third kappa shape index (κ3) is 3.18. The van der Waals surface area contributed by atoms with E-state index in [0.717, 1.165) is 32.2 Å². The molecule has 0 atom stereocenters. The van der Waals surface area contributed by atoms with Crippen LogP contribution in [0.2, 0.25) is 0 Å². The summed E-state index contributed by atoms with van der Waals surface area (Å²) in [6, 6.07) is 0.752. The van der Waals surface area contributed by atoms with Gasteiger partial charge in [-0.25, -0.2) is 14.4 Å². The summed E-state index contributed by atoms with van der Waals surface area (Å²) in [6.07, 6.45) is 8.90. The highest BCUT2D eigenvalue weighted by atomic mass is 19.1. The predicted octanol–water partition coefficient (Wildman–Crippen LogP) is 2.63. The number of rotatable bonds is 3. The van der Waals surface area contributed by atoms with Gasteiger partial charge in [0.15, 0.2) is 11.6 Å². The van der Waals surface area contributed by atoms with Crippen LogP contribution in [0.15, 0.2) is 6.33 Å². The van der Waals surface area contributed by atoms with Crippen molar-refractivity contribution in [2.24, 2.45) is 0 Å². The Balaban J connectivity index is 1.63. The van der Waals surface area contributed by atoms with E-state index in [1.807, 2.05) is 6.92 Å². The van der Waals surface area contributed by atoms with Crippen LogP contribution in [0.3, 0.4) is 0 Å². The summed E-state index contributed by atoms with van der Waals surface area (Å²) in [4.78, 5) is 12.9. The zero-order valence-electron chi connectivity index (χ0n) is 12.9. The van der Waals surface area contributed by atoms with Crippen molar-refractivity contribution >= 4 is 5.82 Å². The van der Waals surface area contributed by atoms with Crippen molar-refractivity contribution in [2.75, 3.05) is 31.1 Å². The van der Waals surface area contributed by atoms with Gasteiger partial charge in [0.1, 0.15) is 6.33 Å². The van der Waals surface area contributed by atoms with Crippen molar-refractivity contribution in [3.8, 4) is 0 Å². The number of aromatic nitrogens is 2. The van der Waals surface area contributed by atoms with Gasteiger partial charge in [-0.2, -0.15) is 0 Å². The molecule has 0 radical (unpaired) electrons. The van der Waals surface area contributed by atoms with E-state index in [9.17, 15) is 4.39 Å². The smallest absolute Gasteiger partial charge is 0.187 e. The summed E-state index contributed by atoms with van der Waals surface area (Å²) in [5.41, 5.74) is 0.523. The van der Waals surface area contributed by atoms with Crippen LogP contribution in [0.1, 0.15) is 44.7 Å². The Bertz CT molecular complexity index is 465. The summed E-state index contributed by atoms with van der Waals surface area (Å²) < 4.78 is 14.3. The number of hydrogen-bond acceptors (Lipinski definition) is 4. The average molecular weight is 292 g/mol. The maximum Gasteiger partial charge on any atom is 0.187 e. The fourth-order valence-corrected chi connectivity index (χ4v) is 3.61. The second kappa shape index (κ2) is 6.69. The van der Waals surface area contributed by atoms with Gasteiger partial charge in [0, 0.05) is 32.2 Å². The van der Waals surface area contributed by atoms with Crippen molar-refractivity contribution in [3.05, 3.63) is 17.8 Å². The second-order valence-corrected chi connectivity index (χ2v) is 6.13. The molecule has 1 saturated heterocycles. The zero-order chi connectivity index (χ0) is 14.7. The molecule has 0 unspecified atom stereocenters. The van der Waals surface area contributed by atoms with Crippen molar-refractivity contribution in [3.63, 3.8) is 0 Å². The SMILES string of the molecule is CCc1ncnc(N2CCN(C3CCCCC3)CC2)c1F. The van der Waals surface area contributed by atoms with E-state index in [4.69, 9.17) is 0 Å². The molecule has 0 aromatic carbocycles. The van der Waals surface area contributed by atoms with Gasteiger partial charge in [-0.1, -0.05) is 26.2 Å². The Kier molecular flexibility index (Phi) is 4.68. The van der Waals surface area contributed by atoms with Gasteiger partial charge in [0.05, 0.1) is 5.69 Å². The Morgan fingerprint density at radius 1 is 1.10 bits per heavy atom. The minimum atomic E-state index is -0.230. The molecule has 2 heterocycles. The molecule has 2 fully saturated rings. The Hall–Kier alpha value is -1.23. The molecule has 1 aromatic rings. The molecule has 2 aliphatic rings. The number of aryl methyl sites for hydroxylation is 1. The topological polar surface area (TPSA) is 32.3 Å². The van der Waals surface area contributed by atoms with Gasteiger partial charge in [-0.15, -0.1) is 0 Å². The first kappa shape index (κ1) is 14.7. The third-order valence-corrected chi connectivity index (χ3v) is 4.88. The lowest BCUT2D eigenvalue weighted by atomic mass is 9.94. The van der Waals surface area contributed by atoms with Crippen molar-refractivity contribution < 1.29 is 4.39 Å². The first-order valence-corrected chi connectivity index (χ1v) is 8.28. The van der Waals surface area contributed by atoms with Gasteiger partial charge in [0.25, 0.3) is 0 Å². The maximum absolute atomic E-state index is 14.3. The van der Waals surface area contributed by atoms with Crippen molar-refractivity contribution in [2.45, 2.75) is 51.5 Å². The Labute approximate surface area is 126 Å². The first-order valence-electron chi connectivity index (χ1n) is 8.28. The fourth-order valence-electron chi connectivity index (χ4n) is 3.61. The van der Waals surface area contributed by atoms with Crippen LogP contribution in [0.25, 0.3) is 0 Å². The highest BCUT2D eigenvalue weighted by Crippen LogP contribution is 2.25. The minimum absolute atomic E-state index is 0.230. The predicted molar refractivity (Wildman–Crippen MR) is 82.0 cm³/mol. The summed E-state index contributed by atoms with van der Waals surface area (Å²) in [7, 11) is 0. The van der Waals surface area contributed by atoms with E-state index in [1.54, 1.807) is 0 Å². The third-order valence-electron chi connectivity index (χ3n) is 4.88. The molecule has 1 saturated carbocycles. The molecule has 5 heteroatoms. The highest BCUT2D eigenvalue weighted by Gasteiger charge is 2.27. The van der Waals surface area contributed by atoms with Crippen LogP contribution in [0, 0.1) is 5.82 Å². The summed E-state index contributed by atoms with van der Waals surface area (Å²) in [6.45, 7) is 5.71. The van der Waals surface area contributed by atoms with Crippen LogP contribution in [-0.2, 0) is 6.42 Å². The Morgan fingerprint density at radius 2 is 1.81 bits per heavy atom. The van der Waals surface area contributed by atoms with Crippen molar-refractivity contribution in [1.29, 1.82) is 0 Å². The summed E-state index contributed by atoms with van der Waals surface area (Å²) in [5.74, 6) is 0.260. The molecule has 0 bridgehead atoms. The van der Waals surface area contributed by atoms with Gasteiger partial charge in [0.2, 0.25) is 0 Å². The molecule has 1 aromatic heterocycles. The standard InChI is InChI=1S/C16H25FN4/c1-2-14-15(17)16(19-12-18-14)21-10-8-20(9-11-21)13-6-4-3-5-7-13/h12-13H,2-11H2,1H3. The van der Waals surface area contributed by atoms with E-state index in [-0.39, 0.29) is 5.82 Å². The number of hydrogen-bond donors (Lipinski definition) is 0. The van der Waals surface area contributed by atoms with Crippen LogP contribution >= 0.6 is 0 Å². The van der Waals surface area contributed by atoms with E-state index in [2.05, 4.69) is 19.8 Å². The summed E-state index contributed by atoms with van der Waals surface area (Å²) in [5, 5.41) is 0. The molecule has 0 N–H and O–H groups in total. The fraction of sp³-hybridized carbons (Fsp3) is 0.750. The molecule has 0 spiro atoms. The van der Waals surface area contributed by atoms with E-state index >= 15 is 0 Å². The first-order chi connectivity index (χ1) is 10.3. The minimum Gasteiger partial charge on any atom is -0.352 e. The molecular formula is C16H25FN4. The molecule has 116 valence electrons. The quantitative estimate of drug-likeness (QED) is 0.857. The van der Waals surface area contributed by atoms with Crippen LogP contribution in [-0.4, -0.2) is 47.1 Å². The van der Waals surface area contributed by atoms with Gasteiger partial charge in [-0.3, -0.25) is 4.90 Å². The van der Waals surface area contributed by atoms with Gasteiger partial charge in [-0.05, 0) is 19.3 Å². The Morgan fingerprint density at radius 3 is 2.48 bits per heavy atom. The monoisotopic (exact) mass is 292 g/mol. The molecule has 1 aliphatic carbocycles. The highest BCUT2D eigenvalue weighted by molar-refractivity contribution is 5.41. The summed E-state index contributed by atoms with van der Waals surface area (Å²) >= 11 is 0. The van der Waals surface area contributed by atoms with E-state index in [0.29, 0.717) is 17.9 Å². The van der Waals surface area contributed by atoms with Crippen molar-refractivity contribution in [1.82, 2.24) is 14.9 Å². The van der Waals surface area contributed by atoms with Crippen LogP contribution < -0.4 is 4.90 Å². The molecule has 21 heavy (non-hydrogen) atoms. The second-order valence-electron chi connectivity index (χ2n) is 6.13. The number of halogens is 1. The number of nitrogens with zero attached hydrogens (tertiary/aromatic N) is 4. The van der Waals surface area contributed by atoms with Crippen LogP contribution in [0.5, 0.6) is 0 Å². The normalized spacial score (nSPS) is 21.7. The van der Waals surface area contributed by atoms with E-state index in [1.165, 1.54) is 38.4 Å². The van der Waals surface area contributed by atoms with Crippen LogP contribution in [0.4, 0.5) is 10.2 Å². The largest absolute Gasteiger partial charge is 0.352 e. The molecule has 4 nitrogen and oxygen atoms in total. The molecular weight excluding hydrogens is 267 g/mol. The lowest BCUT2D eigenvalue weighted by Gasteiger charge is -2.41. The van der Waals surface area contributed by atoms with E-state index < -0.39 is 0 Å².